The molecule has 0 unspecified atom stereocenters. The lowest BCUT2D eigenvalue weighted by atomic mass is 9.91. The van der Waals surface area contributed by atoms with Gasteiger partial charge in [-0.2, -0.15) is 0 Å². The van der Waals surface area contributed by atoms with Crippen LogP contribution in [0.3, 0.4) is 0 Å². The average Bonchev–Trinajstić information content (AvgIpc) is 3.19. The molecule has 0 saturated carbocycles. The molecule has 0 bridgehead atoms. The molecule has 8 nitrogen and oxygen atoms in total. The first-order chi connectivity index (χ1) is 13.5. The number of imidazole rings is 1. The lowest BCUT2D eigenvalue weighted by Crippen LogP contribution is -2.14. The summed E-state index contributed by atoms with van der Waals surface area (Å²) in [7, 11) is 1.81. The maximum absolute atomic E-state index is 12.2. The summed E-state index contributed by atoms with van der Waals surface area (Å²) in [5.41, 5.74) is 14.7. The number of benzene rings is 2. The fraction of sp³-hybridized carbons (Fsp3) is 0.0500. The standard InChI is InChI=1S/C20H16N6O2/c1-26-10-25-16(17-20(26)24-9-23-17)15-13(6-3-7-14(15)19(22)28)11-4-2-5-12(8-11)18(21)27/h2-10H,1H3,(H2,21,27)(H2,22,28). The Morgan fingerprint density at radius 1 is 0.929 bits per heavy atom. The molecule has 0 aromatic heterocycles. The van der Waals surface area contributed by atoms with Gasteiger partial charge in [-0.1, -0.05) is 24.3 Å². The Hall–Kier alpha value is -4.07. The summed E-state index contributed by atoms with van der Waals surface area (Å²) < 4.78 is 1.74. The largest absolute Gasteiger partial charge is 0.366 e. The van der Waals surface area contributed by atoms with Crippen LogP contribution < -0.4 is 11.5 Å². The maximum Gasteiger partial charge on any atom is 0.249 e. The number of amides is 2. The molecule has 0 spiro atoms. The zero-order chi connectivity index (χ0) is 19.8. The number of aromatic nitrogens is 4. The van der Waals surface area contributed by atoms with Crippen molar-refractivity contribution in [3.8, 4) is 33.9 Å². The summed E-state index contributed by atoms with van der Waals surface area (Å²) >= 11 is 0. The van der Waals surface area contributed by atoms with Gasteiger partial charge in [0.25, 0.3) is 0 Å². The Morgan fingerprint density at radius 3 is 2.46 bits per heavy atom. The van der Waals surface area contributed by atoms with Crippen molar-refractivity contribution >= 4 is 11.8 Å². The van der Waals surface area contributed by atoms with Crippen LogP contribution in [0.1, 0.15) is 20.7 Å². The molecule has 2 amide bonds. The number of aryl methyl sites for hydroxylation is 1. The van der Waals surface area contributed by atoms with Crippen LogP contribution in [0.2, 0.25) is 0 Å². The number of carbonyl (C=O) groups is 2. The van der Waals surface area contributed by atoms with Crippen LogP contribution in [-0.4, -0.2) is 31.3 Å². The molecule has 0 radical (unpaired) electrons. The third kappa shape index (κ3) is 2.77. The van der Waals surface area contributed by atoms with Crippen molar-refractivity contribution in [1.82, 2.24) is 19.5 Å². The van der Waals surface area contributed by atoms with Crippen molar-refractivity contribution in [3.05, 3.63) is 66.2 Å². The van der Waals surface area contributed by atoms with Gasteiger partial charge in [0.05, 0.1) is 6.33 Å². The number of nitrogens with zero attached hydrogens (tertiary/aromatic N) is 4. The summed E-state index contributed by atoms with van der Waals surface area (Å²) in [5.74, 6) is -0.504. The van der Waals surface area contributed by atoms with Crippen molar-refractivity contribution in [1.29, 1.82) is 0 Å². The normalized spacial score (nSPS) is 10.9. The number of nitrogens with two attached hydrogens (primary N) is 2. The molecule has 0 fully saturated rings. The first-order valence-corrected chi connectivity index (χ1v) is 8.43. The van der Waals surface area contributed by atoms with E-state index in [0.717, 1.165) is 0 Å². The van der Waals surface area contributed by atoms with E-state index in [1.807, 2.05) is 19.2 Å². The van der Waals surface area contributed by atoms with Crippen LogP contribution in [0.25, 0.3) is 33.9 Å². The fourth-order valence-electron chi connectivity index (χ4n) is 3.22. The first-order valence-electron chi connectivity index (χ1n) is 8.43. The molecule has 0 saturated heterocycles. The minimum atomic E-state index is -0.592. The van der Waals surface area contributed by atoms with E-state index in [0.29, 0.717) is 45.0 Å². The number of hydrogen-bond donors (Lipinski definition) is 2. The molecule has 4 rings (SSSR count). The van der Waals surface area contributed by atoms with Gasteiger partial charge in [-0.05, 0) is 29.3 Å². The lowest BCUT2D eigenvalue weighted by molar-refractivity contribution is 0.0992. The molecule has 2 heterocycles. The summed E-state index contributed by atoms with van der Waals surface area (Å²) in [6, 6.07) is 12.1. The van der Waals surface area contributed by atoms with Gasteiger partial charge in [-0.3, -0.25) is 9.59 Å². The Morgan fingerprint density at radius 2 is 1.71 bits per heavy atom. The Kier molecular flexibility index (Phi) is 4.08. The van der Waals surface area contributed by atoms with Crippen LogP contribution in [0, 0.1) is 0 Å². The van der Waals surface area contributed by atoms with Crippen LogP contribution >= 0.6 is 0 Å². The monoisotopic (exact) mass is 372 g/mol. The molecule has 0 atom stereocenters. The molecular formula is C20H16N6O2. The van der Waals surface area contributed by atoms with E-state index < -0.39 is 11.8 Å². The second-order valence-corrected chi connectivity index (χ2v) is 6.29. The molecule has 138 valence electrons. The zero-order valence-electron chi connectivity index (χ0n) is 15.0. The minimum absolute atomic E-state index is 0.299. The SMILES string of the molecule is Cn1cnc(-c2c(C(N)=O)cccc2-c2cccc(C(N)=O)c2)c2ncnc1-2. The molecule has 28 heavy (non-hydrogen) atoms. The van der Waals surface area contributed by atoms with E-state index in [4.69, 9.17) is 11.5 Å². The van der Waals surface area contributed by atoms with E-state index in [-0.39, 0.29) is 0 Å². The number of primary amides is 2. The highest BCUT2D eigenvalue weighted by molar-refractivity contribution is 6.05. The molecule has 8 heteroatoms. The smallest absolute Gasteiger partial charge is 0.249 e. The van der Waals surface area contributed by atoms with Crippen molar-refractivity contribution in [3.63, 3.8) is 0 Å². The Bertz CT molecular complexity index is 1200. The minimum Gasteiger partial charge on any atom is -0.366 e. The van der Waals surface area contributed by atoms with Crippen molar-refractivity contribution < 1.29 is 9.59 Å². The summed E-state index contributed by atoms with van der Waals surface area (Å²) in [6.45, 7) is 0. The number of rotatable bonds is 4. The number of hydrogen-bond acceptors (Lipinski definition) is 5. The van der Waals surface area contributed by atoms with Crippen LogP contribution in [-0.2, 0) is 7.05 Å². The second-order valence-electron chi connectivity index (χ2n) is 6.29. The van der Waals surface area contributed by atoms with Gasteiger partial charge in [0.1, 0.15) is 17.7 Å². The molecule has 2 aliphatic rings. The van der Waals surface area contributed by atoms with Crippen molar-refractivity contribution in [2.75, 3.05) is 0 Å². The molecule has 2 aromatic rings. The summed E-state index contributed by atoms with van der Waals surface area (Å²) in [6.07, 6.45) is 3.05. The highest BCUT2D eigenvalue weighted by Gasteiger charge is 2.24. The maximum atomic E-state index is 12.2. The van der Waals surface area contributed by atoms with E-state index in [2.05, 4.69) is 15.0 Å². The fourth-order valence-corrected chi connectivity index (χ4v) is 3.22. The zero-order valence-corrected chi connectivity index (χ0v) is 15.0. The van der Waals surface area contributed by atoms with Gasteiger partial charge in [0.2, 0.25) is 11.8 Å². The van der Waals surface area contributed by atoms with Crippen LogP contribution in [0.5, 0.6) is 0 Å². The summed E-state index contributed by atoms with van der Waals surface area (Å²) in [5, 5.41) is 0. The van der Waals surface area contributed by atoms with Gasteiger partial charge in [-0.25, -0.2) is 15.0 Å². The molecular weight excluding hydrogens is 356 g/mol. The average molecular weight is 372 g/mol. The topological polar surface area (TPSA) is 130 Å². The highest BCUT2D eigenvalue weighted by atomic mass is 16.1. The Balaban J connectivity index is 2.05. The van der Waals surface area contributed by atoms with E-state index in [9.17, 15) is 9.59 Å². The summed E-state index contributed by atoms with van der Waals surface area (Å²) in [4.78, 5) is 36.8. The van der Waals surface area contributed by atoms with E-state index >= 15 is 0 Å². The Labute approximate surface area is 160 Å². The number of carbonyl (C=O) groups excluding carboxylic acids is 2. The highest BCUT2D eigenvalue weighted by Crippen LogP contribution is 2.38. The van der Waals surface area contributed by atoms with Gasteiger partial charge in [0, 0.05) is 23.7 Å². The first kappa shape index (κ1) is 17.3. The van der Waals surface area contributed by atoms with Crippen molar-refractivity contribution in [2.45, 2.75) is 0 Å². The van der Waals surface area contributed by atoms with Crippen LogP contribution in [0.15, 0.2) is 55.1 Å². The van der Waals surface area contributed by atoms with Crippen LogP contribution in [0.4, 0.5) is 0 Å². The van der Waals surface area contributed by atoms with Crippen molar-refractivity contribution in [2.24, 2.45) is 18.5 Å². The van der Waals surface area contributed by atoms with Gasteiger partial charge < -0.3 is 16.0 Å². The van der Waals surface area contributed by atoms with Gasteiger partial charge in [-0.15, -0.1) is 0 Å². The third-order valence-electron chi connectivity index (χ3n) is 4.52. The van der Waals surface area contributed by atoms with E-state index in [1.165, 1.54) is 6.33 Å². The number of fused-ring (bicyclic) bond motifs is 1. The molecule has 4 N–H and O–H groups in total. The van der Waals surface area contributed by atoms with Gasteiger partial charge >= 0.3 is 0 Å². The van der Waals surface area contributed by atoms with E-state index in [1.54, 1.807) is 41.2 Å². The third-order valence-corrected chi connectivity index (χ3v) is 4.52. The predicted octanol–water partition coefficient (Wildman–Crippen LogP) is 1.85. The predicted molar refractivity (Wildman–Crippen MR) is 103 cm³/mol. The lowest BCUT2D eigenvalue weighted by Gasteiger charge is -2.16. The second kappa shape index (κ2) is 6.58. The molecule has 0 aliphatic carbocycles. The quantitative estimate of drug-likeness (QED) is 0.564. The molecule has 2 aromatic carbocycles. The molecule has 2 aliphatic heterocycles. The van der Waals surface area contributed by atoms with Gasteiger partial charge in [0.15, 0.2) is 5.82 Å².